The van der Waals surface area contributed by atoms with Gasteiger partial charge >= 0.3 is 0 Å². The Kier molecular flexibility index (Phi) is 3.96. The van der Waals surface area contributed by atoms with Crippen LogP contribution in [0.2, 0.25) is 0 Å². The van der Waals surface area contributed by atoms with E-state index in [4.69, 9.17) is 14.2 Å². The lowest BCUT2D eigenvalue weighted by Gasteiger charge is -2.42. The average Bonchev–Trinajstić information content (AvgIpc) is 2.64. The third-order valence-corrected chi connectivity index (χ3v) is 5.43. The lowest BCUT2D eigenvalue weighted by atomic mass is 9.83. The van der Waals surface area contributed by atoms with Gasteiger partial charge in [-0.15, -0.1) is 0 Å². The van der Waals surface area contributed by atoms with Gasteiger partial charge in [0.05, 0.1) is 21.3 Å². The molecule has 1 N–H and O–H groups in total. The van der Waals surface area contributed by atoms with Crippen molar-refractivity contribution in [1.82, 2.24) is 4.90 Å². The van der Waals surface area contributed by atoms with Gasteiger partial charge in [-0.2, -0.15) is 0 Å². The highest BCUT2D eigenvalue weighted by atomic mass is 16.5. The average molecular weight is 341 g/mol. The molecule has 0 spiro atoms. The van der Waals surface area contributed by atoms with Crippen molar-refractivity contribution in [2.75, 3.05) is 27.9 Å². The van der Waals surface area contributed by atoms with Crippen molar-refractivity contribution in [3.8, 4) is 23.0 Å². The van der Waals surface area contributed by atoms with E-state index >= 15 is 0 Å². The number of hydrogen-bond donors (Lipinski definition) is 1. The Morgan fingerprint density at radius 2 is 1.80 bits per heavy atom. The quantitative estimate of drug-likeness (QED) is 0.930. The van der Waals surface area contributed by atoms with Crippen LogP contribution < -0.4 is 14.2 Å². The first kappa shape index (κ1) is 16.1. The molecule has 25 heavy (non-hydrogen) atoms. The smallest absolute Gasteiger partial charge is 0.165 e. The summed E-state index contributed by atoms with van der Waals surface area (Å²) >= 11 is 0. The maximum absolute atomic E-state index is 10.1. The monoisotopic (exact) mass is 341 g/mol. The maximum Gasteiger partial charge on any atom is 0.165 e. The van der Waals surface area contributed by atoms with Gasteiger partial charge in [-0.1, -0.05) is 6.07 Å². The number of rotatable bonds is 3. The predicted octanol–water partition coefficient (Wildman–Crippen LogP) is 3.07. The molecule has 0 aliphatic carbocycles. The van der Waals surface area contributed by atoms with Gasteiger partial charge in [0.2, 0.25) is 0 Å². The summed E-state index contributed by atoms with van der Waals surface area (Å²) in [4.78, 5) is 2.48. The van der Waals surface area contributed by atoms with Crippen LogP contribution in [0, 0.1) is 0 Å². The molecule has 2 aromatic carbocycles. The van der Waals surface area contributed by atoms with E-state index < -0.39 is 0 Å². The van der Waals surface area contributed by atoms with Crippen LogP contribution in [-0.4, -0.2) is 37.9 Å². The van der Waals surface area contributed by atoms with Crippen LogP contribution in [0.15, 0.2) is 24.3 Å². The van der Waals surface area contributed by atoms with E-state index in [1.54, 1.807) is 21.3 Å². The van der Waals surface area contributed by atoms with E-state index in [0.29, 0.717) is 11.8 Å². The standard InChI is InChI=1S/C20H23NO4/c1-23-18-5-4-12-8-16-14-10-19(24-2)17(22)9-13(14)6-7-21(16)11-15(12)20(18)25-3/h4-5,9-10,16,22H,6-8,11H2,1-3H3/t16-/m0/s1. The molecule has 2 aliphatic rings. The lowest BCUT2D eigenvalue weighted by molar-refractivity contribution is 0.157. The molecule has 2 aromatic rings. The number of aromatic hydroxyl groups is 1. The van der Waals surface area contributed by atoms with E-state index in [1.807, 2.05) is 18.2 Å². The van der Waals surface area contributed by atoms with Crippen LogP contribution in [0.25, 0.3) is 0 Å². The highest BCUT2D eigenvalue weighted by Gasteiger charge is 2.34. The van der Waals surface area contributed by atoms with E-state index in [0.717, 1.165) is 37.4 Å². The third-order valence-electron chi connectivity index (χ3n) is 5.43. The summed E-state index contributed by atoms with van der Waals surface area (Å²) in [6.07, 6.45) is 1.83. The summed E-state index contributed by atoms with van der Waals surface area (Å²) < 4.78 is 16.4. The highest BCUT2D eigenvalue weighted by Crippen LogP contribution is 2.45. The Morgan fingerprint density at radius 3 is 2.52 bits per heavy atom. The minimum absolute atomic E-state index is 0.220. The zero-order chi connectivity index (χ0) is 17.6. The van der Waals surface area contributed by atoms with Crippen LogP contribution in [0.3, 0.4) is 0 Å². The Bertz CT molecular complexity index is 818. The molecule has 5 heteroatoms. The normalized spacial score (nSPS) is 18.8. The minimum Gasteiger partial charge on any atom is -0.504 e. The fourth-order valence-corrected chi connectivity index (χ4v) is 4.17. The Hall–Kier alpha value is -2.40. The van der Waals surface area contributed by atoms with E-state index in [2.05, 4.69) is 11.0 Å². The zero-order valence-corrected chi connectivity index (χ0v) is 14.8. The van der Waals surface area contributed by atoms with Gasteiger partial charge in [0, 0.05) is 24.7 Å². The summed E-state index contributed by atoms with van der Waals surface area (Å²) in [5.74, 6) is 2.38. The third kappa shape index (κ3) is 2.50. The lowest BCUT2D eigenvalue weighted by Crippen LogP contribution is -2.39. The molecule has 0 fully saturated rings. The number of nitrogens with zero attached hydrogens (tertiary/aromatic N) is 1. The molecule has 0 aromatic heterocycles. The maximum atomic E-state index is 10.1. The van der Waals surface area contributed by atoms with Gasteiger partial charge in [-0.25, -0.2) is 0 Å². The van der Waals surface area contributed by atoms with Crippen molar-refractivity contribution in [3.63, 3.8) is 0 Å². The number of phenols is 1. The first-order valence-electron chi connectivity index (χ1n) is 8.52. The second-order valence-corrected chi connectivity index (χ2v) is 6.60. The summed E-state index contributed by atoms with van der Waals surface area (Å²) in [5.41, 5.74) is 4.97. The van der Waals surface area contributed by atoms with Crippen LogP contribution in [0.5, 0.6) is 23.0 Å². The molecule has 1 atom stereocenters. The van der Waals surface area contributed by atoms with Gasteiger partial charge in [0.25, 0.3) is 0 Å². The summed E-state index contributed by atoms with van der Waals surface area (Å²) in [6, 6.07) is 8.26. The van der Waals surface area contributed by atoms with E-state index in [1.165, 1.54) is 22.3 Å². The number of phenolic OH excluding ortho intramolecular Hbond substituents is 1. The molecular weight excluding hydrogens is 318 g/mol. The topological polar surface area (TPSA) is 51.2 Å². The number of fused-ring (bicyclic) bond motifs is 4. The van der Waals surface area contributed by atoms with Crippen molar-refractivity contribution < 1.29 is 19.3 Å². The second kappa shape index (κ2) is 6.15. The fraction of sp³-hybridized carbons (Fsp3) is 0.400. The fourth-order valence-electron chi connectivity index (χ4n) is 4.17. The van der Waals surface area contributed by atoms with Crippen molar-refractivity contribution in [2.24, 2.45) is 0 Å². The summed E-state index contributed by atoms with van der Waals surface area (Å²) in [7, 11) is 4.96. The first-order chi connectivity index (χ1) is 12.2. The first-order valence-corrected chi connectivity index (χ1v) is 8.52. The Labute approximate surface area is 147 Å². The van der Waals surface area contributed by atoms with Crippen LogP contribution >= 0.6 is 0 Å². The molecular formula is C20H23NO4. The number of benzene rings is 2. The predicted molar refractivity (Wildman–Crippen MR) is 94.8 cm³/mol. The molecule has 0 unspecified atom stereocenters. The van der Waals surface area contributed by atoms with Gasteiger partial charge in [-0.05, 0) is 47.7 Å². The van der Waals surface area contributed by atoms with Gasteiger partial charge in [0.15, 0.2) is 23.0 Å². The van der Waals surface area contributed by atoms with Crippen molar-refractivity contribution in [2.45, 2.75) is 25.4 Å². The van der Waals surface area contributed by atoms with E-state index in [-0.39, 0.29) is 5.75 Å². The van der Waals surface area contributed by atoms with Gasteiger partial charge < -0.3 is 19.3 Å². The molecule has 0 amide bonds. The number of hydrogen-bond acceptors (Lipinski definition) is 5. The summed E-state index contributed by atoms with van der Waals surface area (Å²) in [5, 5.41) is 10.1. The molecule has 4 rings (SSSR count). The molecule has 5 nitrogen and oxygen atoms in total. The van der Waals surface area contributed by atoms with Crippen LogP contribution in [0.4, 0.5) is 0 Å². The molecule has 0 radical (unpaired) electrons. The largest absolute Gasteiger partial charge is 0.504 e. The molecule has 0 saturated heterocycles. The number of methoxy groups -OCH3 is 3. The highest BCUT2D eigenvalue weighted by molar-refractivity contribution is 5.54. The van der Waals surface area contributed by atoms with Crippen molar-refractivity contribution >= 4 is 0 Å². The molecule has 0 bridgehead atoms. The molecule has 0 saturated carbocycles. The second-order valence-electron chi connectivity index (χ2n) is 6.60. The van der Waals surface area contributed by atoms with Crippen LogP contribution in [0.1, 0.15) is 28.3 Å². The zero-order valence-electron chi connectivity index (χ0n) is 14.8. The minimum atomic E-state index is 0.220. The van der Waals surface area contributed by atoms with Crippen LogP contribution in [-0.2, 0) is 19.4 Å². The molecule has 132 valence electrons. The number of ether oxygens (including phenoxy) is 3. The summed E-state index contributed by atoms with van der Waals surface area (Å²) in [6.45, 7) is 1.80. The van der Waals surface area contributed by atoms with Gasteiger partial charge in [-0.3, -0.25) is 4.90 Å². The van der Waals surface area contributed by atoms with Crippen molar-refractivity contribution in [3.05, 3.63) is 46.5 Å². The Balaban J connectivity index is 1.77. The van der Waals surface area contributed by atoms with Crippen molar-refractivity contribution in [1.29, 1.82) is 0 Å². The SMILES string of the molecule is COc1cc2c(cc1O)CCN1Cc3c(ccc(OC)c3OC)C[C@@H]21. The molecule has 2 aliphatic heterocycles. The Morgan fingerprint density at radius 1 is 1.00 bits per heavy atom. The van der Waals surface area contributed by atoms with E-state index in [9.17, 15) is 5.11 Å². The molecule has 2 heterocycles. The van der Waals surface area contributed by atoms with Gasteiger partial charge in [0.1, 0.15) is 0 Å².